The van der Waals surface area contributed by atoms with E-state index in [1.807, 2.05) is 30.3 Å². The Labute approximate surface area is 176 Å². The third kappa shape index (κ3) is 3.92. The summed E-state index contributed by atoms with van der Waals surface area (Å²) in [6.07, 6.45) is 0.342. The van der Waals surface area contributed by atoms with Gasteiger partial charge < -0.3 is 4.84 Å². The van der Waals surface area contributed by atoms with Crippen molar-refractivity contribution in [1.82, 2.24) is 0 Å². The number of benzene rings is 3. The van der Waals surface area contributed by atoms with Crippen LogP contribution in [0.2, 0.25) is 5.02 Å². The van der Waals surface area contributed by atoms with E-state index in [-0.39, 0.29) is 11.5 Å². The average Bonchev–Trinajstić information content (AvgIpc) is 3.12. The molecule has 6 heteroatoms. The average molecular weight is 422 g/mol. The number of oxime groups is 1. The molecule has 29 heavy (non-hydrogen) atoms. The maximum Gasteiger partial charge on any atom is 0.365 e. The third-order valence-electron chi connectivity index (χ3n) is 4.55. The van der Waals surface area contributed by atoms with Crippen molar-refractivity contribution in [3.8, 4) is 0 Å². The summed E-state index contributed by atoms with van der Waals surface area (Å²) in [5.41, 5.74) is 1.02. The van der Waals surface area contributed by atoms with Crippen molar-refractivity contribution in [3.63, 3.8) is 0 Å². The molecule has 0 aliphatic carbocycles. The van der Waals surface area contributed by atoms with Crippen molar-refractivity contribution in [1.29, 1.82) is 0 Å². The molecule has 0 fully saturated rings. The third-order valence-corrected chi connectivity index (χ3v) is 5.96. The van der Waals surface area contributed by atoms with Crippen molar-refractivity contribution in [2.75, 3.05) is 0 Å². The van der Waals surface area contributed by atoms with E-state index in [9.17, 15) is 9.59 Å². The van der Waals surface area contributed by atoms with Gasteiger partial charge in [0.1, 0.15) is 5.71 Å². The summed E-state index contributed by atoms with van der Waals surface area (Å²) in [5, 5.41) is 6.50. The van der Waals surface area contributed by atoms with E-state index in [4.69, 9.17) is 16.4 Å². The van der Waals surface area contributed by atoms with Gasteiger partial charge in [0.2, 0.25) is 5.78 Å². The zero-order chi connectivity index (χ0) is 20.4. The van der Waals surface area contributed by atoms with Crippen LogP contribution in [0, 0.1) is 0 Å². The fraction of sp³-hybridized carbons (Fsp3) is 0.0870. The van der Waals surface area contributed by atoms with Crippen molar-refractivity contribution in [2.45, 2.75) is 13.3 Å². The minimum absolute atomic E-state index is 0.186. The number of halogens is 1. The lowest BCUT2D eigenvalue weighted by Crippen LogP contribution is -2.15. The highest BCUT2D eigenvalue weighted by atomic mass is 35.5. The molecule has 0 bridgehead atoms. The summed E-state index contributed by atoms with van der Waals surface area (Å²) < 4.78 is 2.29. The zero-order valence-corrected chi connectivity index (χ0v) is 17.1. The van der Waals surface area contributed by atoms with Gasteiger partial charge in [-0.1, -0.05) is 41.9 Å². The van der Waals surface area contributed by atoms with Crippen molar-refractivity contribution in [3.05, 3.63) is 82.9 Å². The number of thiophene rings is 1. The zero-order valence-electron chi connectivity index (χ0n) is 15.5. The van der Waals surface area contributed by atoms with E-state index in [1.165, 1.54) is 4.70 Å². The maximum absolute atomic E-state index is 12.9. The second-order valence-corrected chi connectivity index (χ2v) is 7.94. The lowest BCUT2D eigenvalue weighted by atomic mass is 10.0. The van der Waals surface area contributed by atoms with Crippen LogP contribution < -0.4 is 0 Å². The fourth-order valence-electron chi connectivity index (χ4n) is 3.04. The Morgan fingerprint density at radius 2 is 1.62 bits per heavy atom. The molecule has 0 spiro atoms. The number of carbonyl (C=O) groups excluding carboxylic acids is 2. The molecule has 0 saturated carbocycles. The van der Waals surface area contributed by atoms with Crippen LogP contribution in [0.15, 0.2) is 71.9 Å². The largest absolute Gasteiger partial charge is 0.365 e. The summed E-state index contributed by atoms with van der Waals surface area (Å²) in [5.74, 6) is -0.895. The molecular formula is C23H16ClNO3S. The van der Waals surface area contributed by atoms with Crippen LogP contribution in [0.4, 0.5) is 0 Å². The minimum atomic E-state index is -0.639. The summed E-state index contributed by atoms with van der Waals surface area (Å²) in [7, 11) is 0. The maximum atomic E-state index is 12.9. The monoisotopic (exact) mass is 421 g/mol. The highest BCUT2D eigenvalue weighted by Crippen LogP contribution is 2.34. The van der Waals surface area contributed by atoms with Crippen LogP contribution >= 0.6 is 22.9 Å². The molecule has 0 aliphatic rings. The SMILES string of the molecule is CC/C(=N/OC(=O)c1ccc(Cl)cc1)C(=O)c1ccc2sc3ccccc3c2c1. The standard InChI is InChI=1S/C23H16ClNO3S/c1-2-19(25-28-23(27)14-7-10-16(24)11-8-14)22(26)15-9-12-21-18(13-15)17-5-3-4-6-20(17)29-21/h3-13H,2H2,1H3/b25-19-. The Bertz CT molecular complexity index is 1260. The lowest BCUT2D eigenvalue weighted by molar-refractivity contribution is 0.0515. The van der Waals surface area contributed by atoms with E-state index in [0.717, 1.165) is 15.5 Å². The van der Waals surface area contributed by atoms with Gasteiger partial charge in [-0.3, -0.25) is 4.79 Å². The van der Waals surface area contributed by atoms with Crippen LogP contribution in [0.25, 0.3) is 20.2 Å². The van der Waals surface area contributed by atoms with Crippen molar-refractivity contribution in [2.24, 2.45) is 5.16 Å². The molecule has 4 nitrogen and oxygen atoms in total. The van der Waals surface area contributed by atoms with Gasteiger partial charge in [0, 0.05) is 30.8 Å². The van der Waals surface area contributed by atoms with Crippen molar-refractivity contribution >= 4 is 60.6 Å². The van der Waals surface area contributed by atoms with E-state index in [0.29, 0.717) is 22.6 Å². The minimum Gasteiger partial charge on any atom is -0.312 e. The molecule has 144 valence electrons. The first-order valence-electron chi connectivity index (χ1n) is 9.06. The summed E-state index contributed by atoms with van der Waals surface area (Å²) in [6.45, 7) is 1.80. The molecule has 0 atom stereocenters. The molecule has 0 N–H and O–H groups in total. The van der Waals surface area contributed by atoms with Crippen LogP contribution in [0.5, 0.6) is 0 Å². The van der Waals surface area contributed by atoms with Crippen LogP contribution in [-0.4, -0.2) is 17.5 Å². The molecule has 0 unspecified atom stereocenters. The van der Waals surface area contributed by atoms with Gasteiger partial charge in [0.15, 0.2) is 0 Å². The first-order valence-corrected chi connectivity index (χ1v) is 10.3. The van der Waals surface area contributed by atoms with Gasteiger partial charge in [-0.25, -0.2) is 4.79 Å². The Kier molecular flexibility index (Phi) is 5.43. The number of hydrogen-bond acceptors (Lipinski definition) is 5. The van der Waals surface area contributed by atoms with Gasteiger partial charge in [-0.2, -0.15) is 0 Å². The summed E-state index contributed by atoms with van der Waals surface area (Å²) >= 11 is 7.51. The first kappa shape index (κ1) is 19.3. The molecule has 4 rings (SSSR count). The topological polar surface area (TPSA) is 55.7 Å². The van der Waals surface area contributed by atoms with Crippen LogP contribution in [0.3, 0.4) is 0 Å². The van der Waals surface area contributed by atoms with Gasteiger partial charge in [-0.15, -0.1) is 11.3 Å². The van der Waals surface area contributed by atoms with Crippen LogP contribution in [0.1, 0.15) is 34.1 Å². The number of ketones is 1. The Balaban J connectivity index is 1.61. The molecule has 4 aromatic rings. The number of fused-ring (bicyclic) bond motifs is 3. The highest BCUT2D eigenvalue weighted by molar-refractivity contribution is 7.25. The lowest BCUT2D eigenvalue weighted by Gasteiger charge is -2.04. The molecule has 0 radical (unpaired) electrons. The second kappa shape index (κ2) is 8.15. The number of rotatable bonds is 5. The normalized spacial score (nSPS) is 11.7. The molecule has 1 heterocycles. The van der Waals surface area contributed by atoms with E-state index >= 15 is 0 Å². The quantitative estimate of drug-likeness (QED) is 0.160. The Morgan fingerprint density at radius 1 is 0.931 bits per heavy atom. The second-order valence-electron chi connectivity index (χ2n) is 6.42. The van der Waals surface area contributed by atoms with Crippen molar-refractivity contribution < 1.29 is 14.4 Å². The molecule has 0 aliphatic heterocycles. The molecule has 0 amide bonds. The molecule has 3 aromatic carbocycles. The molecular weight excluding hydrogens is 406 g/mol. The Hall–Kier alpha value is -3.02. The van der Waals surface area contributed by atoms with E-state index < -0.39 is 5.97 Å². The highest BCUT2D eigenvalue weighted by Gasteiger charge is 2.16. The number of carbonyl (C=O) groups is 2. The number of Topliss-reactive ketones (excluding diaryl/α,β-unsaturated/α-hetero) is 1. The predicted molar refractivity (Wildman–Crippen MR) is 118 cm³/mol. The Morgan fingerprint density at radius 3 is 2.38 bits per heavy atom. The van der Waals surface area contributed by atoms with E-state index in [2.05, 4.69) is 11.2 Å². The van der Waals surface area contributed by atoms with E-state index in [1.54, 1.807) is 48.6 Å². The summed E-state index contributed by atoms with van der Waals surface area (Å²) in [6, 6.07) is 20.0. The predicted octanol–water partition coefficient (Wildman–Crippen LogP) is 6.51. The summed E-state index contributed by atoms with van der Waals surface area (Å²) in [4.78, 5) is 30.1. The number of nitrogens with zero attached hydrogens (tertiary/aromatic N) is 1. The van der Waals surface area contributed by atoms with Gasteiger partial charge in [-0.05, 0) is 55.0 Å². The molecule has 1 aromatic heterocycles. The smallest absolute Gasteiger partial charge is 0.312 e. The van der Waals surface area contributed by atoms with Crippen LogP contribution in [-0.2, 0) is 4.84 Å². The number of hydrogen-bond donors (Lipinski definition) is 0. The fourth-order valence-corrected chi connectivity index (χ4v) is 4.25. The van der Waals surface area contributed by atoms with Gasteiger partial charge >= 0.3 is 5.97 Å². The van der Waals surface area contributed by atoms with Gasteiger partial charge in [0.05, 0.1) is 5.56 Å². The van der Waals surface area contributed by atoms with Gasteiger partial charge in [0.25, 0.3) is 0 Å². The first-order chi connectivity index (χ1) is 14.1. The molecule has 0 saturated heterocycles.